The number of ether oxygens (including phenoxy) is 2. The Hall–Kier alpha value is -1.52. The Morgan fingerprint density at radius 2 is 2.20 bits per heavy atom. The fraction of sp³-hybridized carbons (Fsp3) is 0.214. The molecule has 1 rings (SSSR count). The van der Waals surface area contributed by atoms with Crippen molar-refractivity contribution in [3.63, 3.8) is 0 Å². The highest BCUT2D eigenvalue weighted by Crippen LogP contribution is 2.36. The van der Waals surface area contributed by atoms with Crippen LogP contribution in [0.1, 0.15) is 12.5 Å². The van der Waals surface area contributed by atoms with Crippen LogP contribution >= 0.6 is 23.2 Å². The highest BCUT2D eigenvalue weighted by Gasteiger charge is 2.16. The highest BCUT2D eigenvalue weighted by atomic mass is 35.5. The number of esters is 1. The second kappa shape index (κ2) is 7.92. The fourth-order valence-corrected chi connectivity index (χ4v) is 1.78. The van der Waals surface area contributed by atoms with Crippen molar-refractivity contribution in [2.45, 2.75) is 6.92 Å². The Bertz CT molecular complexity index is 542. The second-order valence-electron chi connectivity index (χ2n) is 3.58. The van der Waals surface area contributed by atoms with Crippen molar-refractivity contribution >= 4 is 35.2 Å². The summed E-state index contributed by atoms with van der Waals surface area (Å²) in [5, 5.41) is 0.117. The zero-order chi connectivity index (χ0) is 15.1. The van der Waals surface area contributed by atoms with Gasteiger partial charge in [-0.3, -0.25) is 0 Å². The van der Waals surface area contributed by atoms with Crippen LogP contribution in [0.3, 0.4) is 0 Å². The summed E-state index contributed by atoms with van der Waals surface area (Å²) in [7, 11) is 0. The first-order valence-corrected chi connectivity index (χ1v) is 6.52. The van der Waals surface area contributed by atoms with E-state index in [1.54, 1.807) is 6.92 Å². The molecule has 0 bridgehead atoms. The van der Waals surface area contributed by atoms with Gasteiger partial charge in [-0.2, -0.15) is 0 Å². The minimum Gasteiger partial charge on any atom is -0.486 e. The van der Waals surface area contributed by atoms with Crippen LogP contribution in [-0.2, 0) is 9.53 Å². The lowest BCUT2D eigenvalue weighted by Gasteiger charge is -2.11. The summed E-state index contributed by atoms with van der Waals surface area (Å²) < 4.78 is 23.8. The Morgan fingerprint density at radius 1 is 1.50 bits per heavy atom. The van der Waals surface area contributed by atoms with E-state index in [1.165, 1.54) is 12.2 Å². The fourth-order valence-electron chi connectivity index (χ4n) is 1.38. The minimum atomic E-state index is -0.676. The van der Waals surface area contributed by atoms with Crippen molar-refractivity contribution in [2.75, 3.05) is 13.2 Å². The molecular formula is C14H13Cl2FO3. The molecule has 0 heterocycles. The second-order valence-corrected chi connectivity index (χ2v) is 4.37. The van der Waals surface area contributed by atoms with E-state index < -0.39 is 11.8 Å². The largest absolute Gasteiger partial charge is 0.486 e. The van der Waals surface area contributed by atoms with Gasteiger partial charge in [0, 0.05) is 11.6 Å². The molecule has 0 aliphatic heterocycles. The Balaban J connectivity index is 3.19. The van der Waals surface area contributed by atoms with Gasteiger partial charge in [-0.05, 0) is 19.1 Å². The molecule has 0 saturated carbocycles. The molecule has 0 unspecified atom stereocenters. The molecule has 6 heteroatoms. The van der Waals surface area contributed by atoms with Crippen LogP contribution in [-0.4, -0.2) is 19.2 Å². The molecule has 1 aromatic carbocycles. The molecule has 0 saturated heterocycles. The van der Waals surface area contributed by atoms with E-state index in [0.717, 1.165) is 12.1 Å². The normalized spacial score (nSPS) is 10.6. The Kier molecular flexibility index (Phi) is 6.55. The van der Waals surface area contributed by atoms with Crippen LogP contribution in [0.2, 0.25) is 10.0 Å². The SMILES string of the molecule is C=CCOc1c(F)cc(Cl)c(Cl)c1C=CC(=O)OCC. The molecule has 1 aromatic rings. The molecule has 0 amide bonds. The molecule has 0 aliphatic carbocycles. The minimum absolute atomic E-state index is 0.0265. The molecule has 0 aromatic heterocycles. The van der Waals surface area contributed by atoms with Gasteiger partial charge in [0.2, 0.25) is 0 Å². The lowest BCUT2D eigenvalue weighted by molar-refractivity contribution is -0.137. The van der Waals surface area contributed by atoms with E-state index >= 15 is 0 Å². The number of carbonyl (C=O) groups excluding carboxylic acids is 1. The number of hydrogen-bond acceptors (Lipinski definition) is 3. The van der Waals surface area contributed by atoms with Gasteiger partial charge in [0.15, 0.2) is 11.6 Å². The van der Waals surface area contributed by atoms with Crippen molar-refractivity contribution in [1.29, 1.82) is 0 Å². The lowest BCUT2D eigenvalue weighted by atomic mass is 10.1. The number of carbonyl (C=O) groups is 1. The first kappa shape index (κ1) is 16.5. The molecule has 0 N–H and O–H groups in total. The zero-order valence-electron chi connectivity index (χ0n) is 10.8. The maximum atomic E-state index is 13.8. The summed E-state index contributed by atoms with van der Waals surface area (Å²) in [5.41, 5.74) is 0.173. The van der Waals surface area contributed by atoms with E-state index in [9.17, 15) is 9.18 Å². The Labute approximate surface area is 126 Å². The average Bonchev–Trinajstić information content (AvgIpc) is 2.40. The quantitative estimate of drug-likeness (QED) is 0.340. The standard InChI is InChI=1S/C14H13Cl2FO3/c1-3-7-20-14-9(5-6-12(18)19-4-2)13(16)10(15)8-11(14)17/h3,5-6,8H,1,4,7H2,2H3. The average molecular weight is 319 g/mol. The summed E-state index contributed by atoms with van der Waals surface area (Å²) in [4.78, 5) is 11.3. The summed E-state index contributed by atoms with van der Waals surface area (Å²) in [6.07, 6.45) is 3.88. The third-order valence-electron chi connectivity index (χ3n) is 2.18. The molecule has 0 radical (unpaired) electrons. The molecule has 0 atom stereocenters. The predicted molar refractivity (Wildman–Crippen MR) is 77.8 cm³/mol. The molecular weight excluding hydrogens is 306 g/mol. The monoisotopic (exact) mass is 318 g/mol. The topological polar surface area (TPSA) is 35.5 Å². The van der Waals surface area contributed by atoms with Crippen molar-refractivity contribution < 1.29 is 18.7 Å². The van der Waals surface area contributed by atoms with Gasteiger partial charge < -0.3 is 9.47 Å². The van der Waals surface area contributed by atoms with Gasteiger partial charge in [-0.15, -0.1) is 0 Å². The number of halogens is 3. The molecule has 0 fully saturated rings. The van der Waals surface area contributed by atoms with Gasteiger partial charge >= 0.3 is 5.97 Å². The maximum Gasteiger partial charge on any atom is 0.330 e. The van der Waals surface area contributed by atoms with Crippen molar-refractivity contribution in [3.05, 3.63) is 46.2 Å². The molecule has 20 heavy (non-hydrogen) atoms. The lowest BCUT2D eigenvalue weighted by Crippen LogP contribution is -2.01. The third-order valence-corrected chi connectivity index (χ3v) is 2.98. The summed E-state index contributed by atoms with van der Waals surface area (Å²) in [5.74, 6) is -1.34. The molecule has 0 spiro atoms. The third kappa shape index (κ3) is 4.25. The highest BCUT2D eigenvalue weighted by molar-refractivity contribution is 6.43. The van der Waals surface area contributed by atoms with E-state index in [-0.39, 0.29) is 34.6 Å². The van der Waals surface area contributed by atoms with Crippen LogP contribution in [0.5, 0.6) is 5.75 Å². The summed E-state index contributed by atoms with van der Waals surface area (Å²) in [6, 6.07) is 1.05. The number of rotatable bonds is 6. The first-order valence-electron chi connectivity index (χ1n) is 5.77. The van der Waals surface area contributed by atoms with E-state index in [1.807, 2.05) is 0 Å². The Morgan fingerprint density at radius 3 is 2.80 bits per heavy atom. The van der Waals surface area contributed by atoms with Gasteiger partial charge in [-0.1, -0.05) is 35.9 Å². The predicted octanol–water partition coefficient (Wildman–Crippen LogP) is 4.27. The van der Waals surface area contributed by atoms with Crippen LogP contribution < -0.4 is 4.74 Å². The van der Waals surface area contributed by atoms with E-state index in [4.69, 9.17) is 32.7 Å². The van der Waals surface area contributed by atoms with Crippen molar-refractivity contribution in [3.8, 4) is 5.75 Å². The molecule has 3 nitrogen and oxygen atoms in total. The number of benzene rings is 1. The number of hydrogen-bond donors (Lipinski definition) is 0. The van der Waals surface area contributed by atoms with Gasteiger partial charge in [0.25, 0.3) is 0 Å². The van der Waals surface area contributed by atoms with Gasteiger partial charge in [0.1, 0.15) is 6.61 Å². The van der Waals surface area contributed by atoms with Gasteiger partial charge in [-0.25, -0.2) is 9.18 Å². The van der Waals surface area contributed by atoms with E-state index in [0.29, 0.717) is 0 Å². The van der Waals surface area contributed by atoms with E-state index in [2.05, 4.69) is 6.58 Å². The molecule has 108 valence electrons. The summed E-state index contributed by atoms with van der Waals surface area (Å²) in [6.45, 7) is 5.48. The van der Waals surface area contributed by atoms with Crippen LogP contribution in [0.25, 0.3) is 6.08 Å². The van der Waals surface area contributed by atoms with Crippen LogP contribution in [0, 0.1) is 5.82 Å². The van der Waals surface area contributed by atoms with Crippen molar-refractivity contribution in [1.82, 2.24) is 0 Å². The van der Waals surface area contributed by atoms with Crippen molar-refractivity contribution in [2.24, 2.45) is 0 Å². The van der Waals surface area contributed by atoms with Crippen LogP contribution in [0.4, 0.5) is 4.39 Å². The summed E-state index contributed by atoms with van der Waals surface area (Å²) >= 11 is 11.8. The first-order chi connectivity index (χ1) is 9.51. The smallest absolute Gasteiger partial charge is 0.330 e. The zero-order valence-corrected chi connectivity index (χ0v) is 12.3. The molecule has 0 aliphatic rings. The maximum absolute atomic E-state index is 13.8. The van der Waals surface area contributed by atoms with Gasteiger partial charge in [0.05, 0.1) is 16.7 Å². The van der Waals surface area contributed by atoms with Crippen LogP contribution in [0.15, 0.2) is 24.8 Å².